The van der Waals surface area contributed by atoms with Gasteiger partial charge >= 0.3 is 5.82 Å². The fourth-order valence-electron chi connectivity index (χ4n) is 2.83. The van der Waals surface area contributed by atoms with Crippen molar-refractivity contribution >= 4 is 17.6 Å². The van der Waals surface area contributed by atoms with Gasteiger partial charge in [-0.05, 0) is 24.3 Å². The summed E-state index contributed by atoms with van der Waals surface area (Å²) in [5.74, 6) is 0.254. The molecular weight excluding hydrogens is 338 g/mol. The Bertz CT molecular complexity index is 918. The highest BCUT2D eigenvalue weighted by Gasteiger charge is 2.35. The molecule has 1 amide bonds. The first kappa shape index (κ1) is 17.6. The van der Waals surface area contributed by atoms with E-state index >= 15 is 0 Å². The minimum Gasteiger partial charge on any atom is -0.446 e. The van der Waals surface area contributed by atoms with Crippen LogP contribution < -0.4 is 0 Å². The van der Waals surface area contributed by atoms with Crippen LogP contribution in [0.25, 0.3) is 0 Å². The maximum Gasteiger partial charge on any atom is 0.343 e. The van der Waals surface area contributed by atoms with Crippen LogP contribution in [0.1, 0.15) is 35.7 Å². The van der Waals surface area contributed by atoms with Crippen molar-refractivity contribution in [2.24, 2.45) is 5.10 Å². The molecule has 0 N–H and O–H groups in total. The molecule has 0 bridgehead atoms. The van der Waals surface area contributed by atoms with Crippen molar-refractivity contribution in [3.63, 3.8) is 0 Å². The van der Waals surface area contributed by atoms with E-state index in [1.165, 1.54) is 22.7 Å². The Morgan fingerprint density at radius 1 is 1.35 bits per heavy atom. The molecule has 0 fully saturated rings. The molecule has 1 aliphatic heterocycles. The van der Waals surface area contributed by atoms with Gasteiger partial charge in [0.15, 0.2) is 12.4 Å². The number of imidazole rings is 1. The van der Waals surface area contributed by atoms with Gasteiger partial charge in [0, 0.05) is 19.4 Å². The van der Waals surface area contributed by atoms with E-state index in [2.05, 4.69) is 10.1 Å². The van der Waals surface area contributed by atoms with Crippen molar-refractivity contribution in [2.45, 2.75) is 40.5 Å². The topological polar surface area (TPSA) is 103 Å². The largest absolute Gasteiger partial charge is 0.446 e. The van der Waals surface area contributed by atoms with Crippen molar-refractivity contribution < 1.29 is 14.5 Å². The Labute approximate surface area is 150 Å². The average molecular weight is 357 g/mol. The summed E-state index contributed by atoms with van der Waals surface area (Å²) in [6.07, 6.45) is 0.501. The van der Waals surface area contributed by atoms with Gasteiger partial charge in [0.2, 0.25) is 12.1 Å². The van der Waals surface area contributed by atoms with E-state index in [0.717, 1.165) is 16.7 Å². The zero-order valence-corrected chi connectivity index (χ0v) is 15.0. The minimum atomic E-state index is -0.690. The molecule has 1 aliphatic rings. The Hall–Kier alpha value is -3.23. The molecular formula is C17H19N5O4. The second-order valence-electron chi connectivity index (χ2n) is 6.19. The number of nitrogens with zero attached hydrogens (tertiary/aromatic N) is 5. The summed E-state index contributed by atoms with van der Waals surface area (Å²) < 4.78 is 7.30. The first-order chi connectivity index (χ1) is 12.3. The third-order valence-corrected chi connectivity index (χ3v) is 4.23. The summed E-state index contributed by atoms with van der Waals surface area (Å²) in [6.45, 7) is 6.97. The number of rotatable bonds is 4. The lowest BCUT2D eigenvalue weighted by atomic mass is 10.0. The standard InChI is InChI=1S/C17H19N5O4/c1-10-5-6-11(2)14(7-10)17-21(13(4)23)19-15(26-17)9-20-12(3)18-8-16(20)22(24)25/h5-8,17H,9H2,1-4H3. The van der Waals surface area contributed by atoms with Crippen LogP contribution in [0, 0.1) is 30.9 Å². The van der Waals surface area contributed by atoms with Gasteiger partial charge in [-0.3, -0.25) is 4.79 Å². The molecule has 1 unspecified atom stereocenters. The quantitative estimate of drug-likeness (QED) is 0.618. The molecule has 0 aliphatic carbocycles. The van der Waals surface area contributed by atoms with Gasteiger partial charge in [-0.2, -0.15) is 5.01 Å². The smallest absolute Gasteiger partial charge is 0.343 e. The van der Waals surface area contributed by atoms with Crippen LogP contribution in [0.2, 0.25) is 0 Å². The molecule has 1 atom stereocenters. The number of amides is 1. The van der Waals surface area contributed by atoms with Crippen molar-refractivity contribution in [1.29, 1.82) is 0 Å². The first-order valence-corrected chi connectivity index (χ1v) is 8.05. The number of benzene rings is 1. The highest BCUT2D eigenvalue weighted by atomic mass is 16.6. The summed E-state index contributed by atoms with van der Waals surface area (Å²) in [5.41, 5.74) is 2.83. The molecule has 2 aromatic rings. The first-order valence-electron chi connectivity index (χ1n) is 8.05. The van der Waals surface area contributed by atoms with Crippen molar-refractivity contribution in [3.05, 3.63) is 57.0 Å². The summed E-state index contributed by atoms with van der Waals surface area (Å²) >= 11 is 0. The maximum atomic E-state index is 12.0. The maximum absolute atomic E-state index is 12.0. The van der Waals surface area contributed by atoms with E-state index in [4.69, 9.17) is 4.74 Å². The van der Waals surface area contributed by atoms with E-state index in [9.17, 15) is 14.9 Å². The molecule has 3 rings (SSSR count). The molecule has 0 saturated carbocycles. The second kappa shape index (κ2) is 6.58. The van der Waals surface area contributed by atoms with Gasteiger partial charge in [0.1, 0.15) is 6.20 Å². The second-order valence-corrected chi connectivity index (χ2v) is 6.19. The number of nitro groups is 1. The molecule has 1 aromatic heterocycles. The predicted octanol–water partition coefficient (Wildman–Crippen LogP) is 2.61. The van der Waals surface area contributed by atoms with E-state index in [0.29, 0.717) is 5.82 Å². The number of aromatic nitrogens is 2. The molecule has 2 heterocycles. The van der Waals surface area contributed by atoms with E-state index < -0.39 is 11.2 Å². The fraction of sp³-hybridized carbons (Fsp3) is 0.353. The monoisotopic (exact) mass is 357 g/mol. The van der Waals surface area contributed by atoms with Crippen molar-refractivity contribution in [2.75, 3.05) is 0 Å². The number of carbonyl (C=O) groups is 1. The summed E-state index contributed by atoms with van der Waals surface area (Å²) in [5, 5.41) is 16.6. The lowest BCUT2D eigenvalue weighted by Gasteiger charge is -2.21. The summed E-state index contributed by atoms with van der Waals surface area (Å²) in [7, 11) is 0. The van der Waals surface area contributed by atoms with Crippen molar-refractivity contribution in [3.8, 4) is 0 Å². The van der Waals surface area contributed by atoms with Gasteiger partial charge in [-0.15, -0.1) is 5.10 Å². The lowest BCUT2D eigenvalue weighted by molar-refractivity contribution is -0.392. The molecule has 136 valence electrons. The third kappa shape index (κ3) is 3.15. The van der Waals surface area contributed by atoms with Crippen LogP contribution in [-0.2, 0) is 16.1 Å². The van der Waals surface area contributed by atoms with Crippen LogP contribution in [-0.4, -0.2) is 31.3 Å². The highest BCUT2D eigenvalue weighted by molar-refractivity contribution is 5.83. The summed E-state index contributed by atoms with van der Waals surface area (Å²) in [4.78, 5) is 26.6. The molecule has 26 heavy (non-hydrogen) atoms. The normalized spacial score (nSPS) is 16.4. The van der Waals surface area contributed by atoms with Gasteiger partial charge in [-0.1, -0.05) is 23.8 Å². The van der Waals surface area contributed by atoms with Gasteiger partial charge in [0.05, 0.1) is 0 Å². The van der Waals surface area contributed by atoms with Gasteiger partial charge in [-0.25, -0.2) is 9.55 Å². The average Bonchev–Trinajstić information content (AvgIpc) is 3.15. The van der Waals surface area contributed by atoms with Gasteiger partial charge < -0.3 is 14.9 Å². The predicted molar refractivity (Wildman–Crippen MR) is 93.3 cm³/mol. The molecule has 0 radical (unpaired) electrons. The number of hydrogen-bond acceptors (Lipinski definition) is 6. The van der Waals surface area contributed by atoms with E-state index in [1.54, 1.807) is 6.92 Å². The number of hydrogen-bond donors (Lipinski definition) is 0. The Morgan fingerprint density at radius 2 is 2.08 bits per heavy atom. The van der Waals surface area contributed by atoms with Crippen LogP contribution in [0.4, 0.5) is 5.82 Å². The molecule has 1 aromatic carbocycles. The van der Waals surface area contributed by atoms with E-state index in [-0.39, 0.29) is 24.2 Å². The lowest BCUT2D eigenvalue weighted by Crippen LogP contribution is -2.26. The van der Waals surface area contributed by atoms with Crippen LogP contribution in [0.15, 0.2) is 29.5 Å². The van der Waals surface area contributed by atoms with Crippen LogP contribution in [0.5, 0.6) is 0 Å². The number of carbonyl (C=O) groups excluding carboxylic acids is 1. The fourth-order valence-corrected chi connectivity index (χ4v) is 2.83. The van der Waals surface area contributed by atoms with E-state index in [1.807, 2.05) is 32.0 Å². The van der Waals surface area contributed by atoms with Crippen molar-refractivity contribution in [1.82, 2.24) is 14.6 Å². The molecule has 0 saturated heterocycles. The zero-order valence-electron chi connectivity index (χ0n) is 15.0. The number of aryl methyl sites for hydroxylation is 3. The Morgan fingerprint density at radius 3 is 2.73 bits per heavy atom. The van der Waals surface area contributed by atoms with Crippen LogP contribution >= 0.6 is 0 Å². The Balaban J connectivity index is 1.93. The molecule has 9 nitrogen and oxygen atoms in total. The van der Waals surface area contributed by atoms with Gasteiger partial charge in [0.25, 0.3) is 5.90 Å². The zero-order chi connectivity index (χ0) is 19.0. The molecule has 9 heteroatoms. The Kier molecular flexibility index (Phi) is 4.45. The third-order valence-electron chi connectivity index (χ3n) is 4.23. The number of ether oxygens (including phenoxy) is 1. The SMILES string of the molecule is CC(=O)N1N=C(Cn2c([N+](=O)[O-])cnc2C)OC1c1cc(C)ccc1C. The van der Waals surface area contributed by atoms with Crippen LogP contribution in [0.3, 0.4) is 0 Å². The summed E-state index contributed by atoms with van der Waals surface area (Å²) in [6, 6.07) is 5.88. The minimum absolute atomic E-state index is 0.0211. The number of hydrazone groups is 1. The highest BCUT2D eigenvalue weighted by Crippen LogP contribution is 2.31. The molecule has 0 spiro atoms.